The van der Waals surface area contributed by atoms with Crippen LogP contribution in [0, 0.1) is 0 Å². The number of rotatable bonds is 3. The summed E-state index contributed by atoms with van der Waals surface area (Å²) in [6.07, 6.45) is 0.917. The number of halogens is 2. The highest BCUT2D eigenvalue weighted by molar-refractivity contribution is 9.12. The van der Waals surface area contributed by atoms with Crippen LogP contribution >= 0.6 is 31.9 Å². The molecule has 0 saturated heterocycles. The van der Waals surface area contributed by atoms with Gasteiger partial charge in [-0.15, -0.1) is 0 Å². The van der Waals surface area contributed by atoms with E-state index in [2.05, 4.69) is 41.8 Å². The average Bonchev–Trinajstić information content (AvgIpc) is 2.59. The van der Waals surface area contributed by atoms with Gasteiger partial charge in [-0.05, 0) is 12.1 Å². The third-order valence-electron chi connectivity index (χ3n) is 2.02. The van der Waals surface area contributed by atoms with Crippen LogP contribution in [0.15, 0.2) is 24.3 Å². The minimum absolute atomic E-state index is 0.433. The Hall–Kier alpha value is -0.350. The molecule has 2 aromatic rings. The molecule has 2 rings (SSSR count). The van der Waals surface area contributed by atoms with Gasteiger partial charge in [0.1, 0.15) is 5.82 Å². The predicted molar refractivity (Wildman–Crippen MR) is 66.3 cm³/mol. The molecule has 1 heterocycles. The molecule has 74 valence electrons. The normalized spacial score (nSPS) is 13.3. The van der Waals surface area contributed by atoms with E-state index in [4.69, 9.17) is 0 Å². The van der Waals surface area contributed by atoms with Crippen molar-refractivity contribution in [1.29, 1.82) is 0 Å². The number of nitrogens with one attached hydrogen (secondary N) is 1. The first-order valence-corrected chi connectivity index (χ1v) is 6.47. The predicted octanol–water partition coefficient (Wildman–Crippen LogP) is 3.26. The van der Waals surface area contributed by atoms with Crippen molar-refractivity contribution in [2.24, 2.45) is 0 Å². The maximum atomic E-state index is 4.49. The summed E-state index contributed by atoms with van der Waals surface area (Å²) >= 11 is 6.99. The molecule has 1 aromatic heterocycles. The van der Waals surface area contributed by atoms with Crippen molar-refractivity contribution in [2.45, 2.75) is 11.2 Å². The minimum Gasteiger partial charge on any atom is -0.342 e. The average molecular weight is 318 g/mol. The zero-order chi connectivity index (χ0) is 9.97. The topological polar surface area (TPSA) is 28.7 Å². The Bertz CT molecular complexity index is 392. The Balaban J connectivity index is 2.27. The van der Waals surface area contributed by atoms with Gasteiger partial charge < -0.3 is 4.98 Å². The number of aromatic amines is 1. The molecular weight excluding hydrogens is 308 g/mol. The Morgan fingerprint density at radius 1 is 1.36 bits per heavy atom. The van der Waals surface area contributed by atoms with Crippen LogP contribution in [0.3, 0.4) is 0 Å². The van der Waals surface area contributed by atoms with Crippen LogP contribution in [-0.4, -0.2) is 20.1 Å². The molecule has 0 saturated carbocycles. The van der Waals surface area contributed by atoms with Gasteiger partial charge in [0.25, 0.3) is 0 Å². The zero-order valence-corrected chi connectivity index (χ0v) is 10.7. The van der Waals surface area contributed by atoms with Crippen LogP contribution in [0.4, 0.5) is 0 Å². The summed E-state index contributed by atoms with van der Waals surface area (Å²) < 4.78 is 0. The molecule has 0 aliphatic carbocycles. The van der Waals surface area contributed by atoms with Crippen LogP contribution in [0.1, 0.15) is 5.82 Å². The lowest BCUT2D eigenvalue weighted by Gasteiger charge is -2.00. The standard InChI is InChI=1S/C10H10Br2N2/c11-6-7(12)5-10-13-8-3-1-2-4-9(8)14-10/h1-4,7H,5-6H2,(H,13,14). The van der Waals surface area contributed by atoms with E-state index >= 15 is 0 Å². The van der Waals surface area contributed by atoms with Crippen molar-refractivity contribution in [3.05, 3.63) is 30.1 Å². The molecule has 0 fully saturated rings. The Morgan fingerprint density at radius 2 is 2.14 bits per heavy atom. The number of hydrogen-bond donors (Lipinski definition) is 1. The van der Waals surface area contributed by atoms with Crippen molar-refractivity contribution in [2.75, 3.05) is 5.33 Å². The molecule has 1 unspecified atom stereocenters. The van der Waals surface area contributed by atoms with Gasteiger partial charge in [0.2, 0.25) is 0 Å². The van der Waals surface area contributed by atoms with Gasteiger partial charge in [-0.1, -0.05) is 44.0 Å². The van der Waals surface area contributed by atoms with E-state index in [1.54, 1.807) is 0 Å². The minimum atomic E-state index is 0.433. The maximum absolute atomic E-state index is 4.49. The highest BCUT2D eigenvalue weighted by atomic mass is 79.9. The number of aromatic nitrogens is 2. The van der Waals surface area contributed by atoms with Crippen molar-refractivity contribution in [1.82, 2.24) is 9.97 Å². The fourth-order valence-electron chi connectivity index (χ4n) is 1.37. The van der Waals surface area contributed by atoms with Crippen molar-refractivity contribution < 1.29 is 0 Å². The second kappa shape index (κ2) is 4.45. The number of nitrogens with zero attached hydrogens (tertiary/aromatic N) is 1. The van der Waals surface area contributed by atoms with E-state index in [0.29, 0.717) is 4.83 Å². The molecule has 0 bridgehead atoms. The van der Waals surface area contributed by atoms with Crippen LogP contribution in [0.2, 0.25) is 0 Å². The molecule has 0 radical (unpaired) electrons. The third-order valence-corrected chi connectivity index (χ3v) is 4.32. The summed E-state index contributed by atoms with van der Waals surface area (Å²) in [5, 5.41) is 0.935. The third kappa shape index (κ3) is 2.17. The van der Waals surface area contributed by atoms with Crippen LogP contribution < -0.4 is 0 Å². The Morgan fingerprint density at radius 3 is 2.86 bits per heavy atom. The van der Waals surface area contributed by atoms with Gasteiger partial charge in [0, 0.05) is 16.6 Å². The van der Waals surface area contributed by atoms with E-state index < -0.39 is 0 Å². The van der Waals surface area contributed by atoms with Gasteiger partial charge in [-0.25, -0.2) is 4.98 Å². The molecular formula is C10H10Br2N2. The van der Waals surface area contributed by atoms with Crippen molar-refractivity contribution >= 4 is 42.9 Å². The summed E-state index contributed by atoms with van der Waals surface area (Å²) in [5.41, 5.74) is 2.15. The number of benzene rings is 1. The maximum Gasteiger partial charge on any atom is 0.108 e. The summed E-state index contributed by atoms with van der Waals surface area (Å²) in [6, 6.07) is 8.08. The zero-order valence-electron chi connectivity index (χ0n) is 7.50. The van der Waals surface area contributed by atoms with Gasteiger partial charge in [0.05, 0.1) is 11.0 Å². The lowest BCUT2D eigenvalue weighted by molar-refractivity contribution is 0.902. The lowest BCUT2D eigenvalue weighted by atomic mass is 10.3. The van der Waals surface area contributed by atoms with E-state index in [1.807, 2.05) is 24.3 Å². The summed E-state index contributed by atoms with van der Waals surface area (Å²) in [6.45, 7) is 0. The van der Waals surface area contributed by atoms with Crippen LogP contribution in [0.25, 0.3) is 11.0 Å². The van der Waals surface area contributed by atoms with E-state index in [1.165, 1.54) is 0 Å². The van der Waals surface area contributed by atoms with Gasteiger partial charge in [-0.2, -0.15) is 0 Å². The smallest absolute Gasteiger partial charge is 0.108 e. The van der Waals surface area contributed by atoms with Crippen molar-refractivity contribution in [3.63, 3.8) is 0 Å². The van der Waals surface area contributed by atoms with Gasteiger partial charge in [-0.3, -0.25) is 0 Å². The number of fused-ring (bicyclic) bond motifs is 1. The summed E-state index contributed by atoms with van der Waals surface area (Å²) in [5.74, 6) is 1.03. The molecule has 0 spiro atoms. The molecule has 1 N–H and O–H groups in total. The SMILES string of the molecule is BrCC(Br)Cc1nc2ccccc2[nH]1. The number of imidazole rings is 1. The molecule has 14 heavy (non-hydrogen) atoms. The molecule has 0 aliphatic rings. The van der Waals surface area contributed by atoms with Crippen LogP contribution in [0.5, 0.6) is 0 Å². The quantitative estimate of drug-likeness (QED) is 0.865. The highest BCUT2D eigenvalue weighted by Gasteiger charge is 2.07. The molecule has 2 nitrogen and oxygen atoms in total. The van der Waals surface area contributed by atoms with Crippen molar-refractivity contribution in [3.8, 4) is 0 Å². The molecule has 0 amide bonds. The first kappa shape index (κ1) is 10.2. The van der Waals surface area contributed by atoms with Gasteiger partial charge >= 0.3 is 0 Å². The van der Waals surface area contributed by atoms with Crippen LogP contribution in [-0.2, 0) is 6.42 Å². The molecule has 1 atom stereocenters. The number of hydrogen-bond acceptors (Lipinski definition) is 1. The second-order valence-electron chi connectivity index (χ2n) is 3.16. The fourth-order valence-corrected chi connectivity index (χ4v) is 1.90. The number of H-pyrrole nitrogens is 1. The Labute approximate surface area is 99.4 Å². The molecule has 0 aliphatic heterocycles. The Kier molecular flexibility index (Phi) is 3.23. The molecule has 4 heteroatoms. The van der Waals surface area contributed by atoms with E-state index in [0.717, 1.165) is 28.6 Å². The van der Waals surface area contributed by atoms with E-state index in [9.17, 15) is 0 Å². The van der Waals surface area contributed by atoms with Gasteiger partial charge in [0.15, 0.2) is 0 Å². The number of para-hydroxylation sites is 2. The summed E-state index contributed by atoms with van der Waals surface area (Å²) in [7, 11) is 0. The number of alkyl halides is 2. The first-order chi connectivity index (χ1) is 6.79. The first-order valence-electron chi connectivity index (χ1n) is 4.43. The van der Waals surface area contributed by atoms with E-state index in [-0.39, 0.29) is 0 Å². The largest absolute Gasteiger partial charge is 0.342 e. The molecule has 1 aromatic carbocycles. The summed E-state index contributed by atoms with van der Waals surface area (Å²) in [4.78, 5) is 8.23. The second-order valence-corrected chi connectivity index (χ2v) is 5.10. The lowest BCUT2D eigenvalue weighted by Crippen LogP contribution is -2.04. The fraction of sp³-hybridized carbons (Fsp3) is 0.300. The monoisotopic (exact) mass is 316 g/mol. The highest BCUT2D eigenvalue weighted by Crippen LogP contribution is 2.14.